The van der Waals surface area contributed by atoms with Crippen LogP contribution >= 0.6 is 0 Å². The van der Waals surface area contributed by atoms with Gasteiger partial charge < -0.3 is 24.3 Å². The Labute approximate surface area is 195 Å². The maximum atomic E-state index is 12.9. The second kappa shape index (κ2) is 11.3. The van der Waals surface area contributed by atoms with Crippen molar-refractivity contribution in [1.29, 1.82) is 0 Å². The second-order valence-corrected chi connectivity index (χ2v) is 8.93. The number of nitrogens with one attached hydrogen (secondary N) is 1. The van der Waals surface area contributed by atoms with Crippen molar-refractivity contribution < 1.29 is 40.9 Å². The topological polar surface area (TPSA) is 103 Å². The molecule has 12 heteroatoms. The zero-order valence-electron chi connectivity index (χ0n) is 18.5. The van der Waals surface area contributed by atoms with Crippen LogP contribution in [-0.4, -0.2) is 65.8 Å². The lowest BCUT2D eigenvalue weighted by Gasteiger charge is -2.26. The van der Waals surface area contributed by atoms with E-state index in [-0.39, 0.29) is 40.9 Å². The summed E-state index contributed by atoms with van der Waals surface area (Å²) in [6.45, 7) is -1.90. The number of carbonyl (C=O) groups is 1. The number of sulfonamides is 1. The van der Waals surface area contributed by atoms with Gasteiger partial charge in [0.1, 0.15) is 5.75 Å². The van der Waals surface area contributed by atoms with Crippen LogP contribution in [0.1, 0.15) is 5.56 Å². The summed E-state index contributed by atoms with van der Waals surface area (Å²) in [6.07, 6.45) is 2.63. The highest BCUT2D eigenvalue weighted by Crippen LogP contribution is 2.31. The molecule has 0 atom stereocenters. The first kappa shape index (κ1) is 25.4. The molecule has 0 spiro atoms. The molecule has 0 saturated carbocycles. The van der Waals surface area contributed by atoms with Crippen molar-refractivity contribution in [3.63, 3.8) is 0 Å². The third-order valence-corrected chi connectivity index (χ3v) is 6.76. The molecule has 0 aliphatic carbocycles. The summed E-state index contributed by atoms with van der Waals surface area (Å²) >= 11 is 0. The third kappa shape index (κ3) is 6.22. The van der Waals surface area contributed by atoms with Gasteiger partial charge in [0, 0.05) is 19.2 Å². The molecule has 1 fully saturated rings. The van der Waals surface area contributed by atoms with E-state index in [4.69, 9.17) is 14.2 Å². The molecule has 3 rings (SSSR count). The molecule has 2 aromatic carbocycles. The van der Waals surface area contributed by atoms with E-state index in [9.17, 15) is 22.0 Å². The van der Waals surface area contributed by atoms with Crippen molar-refractivity contribution in [2.24, 2.45) is 0 Å². The van der Waals surface area contributed by atoms with E-state index < -0.39 is 22.5 Å². The molecule has 0 unspecified atom stereocenters. The monoisotopic (exact) mass is 498 g/mol. The molecule has 34 heavy (non-hydrogen) atoms. The molecular weight excluding hydrogens is 474 g/mol. The van der Waals surface area contributed by atoms with Gasteiger partial charge in [-0.05, 0) is 42.0 Å². The summed E-state index contributed by atoms with van der Waals surface area (Å²) in [4.78, 5) is 12.5. The van der Waals surface area contributed by atoms with E-state index >= 15 is 0 Å². The van der Waals surface area contributed by atoms with Crippen molar-refractivity contribution >= 4 is 27.7 Å². The molecule has 0 radical (unpaired) electrons. The minimum Gasteiger partial charge on any atom is -0.495 e. The molecule has 1 saturated heterocycles. The van der Waals surface area contributed by atoms with Gasteiger partial charge in [-0.25, -0.2) is 8.42 Å². The summed E-state index contributed by atoms with van der Waals surface area (Å²) in [5.74, 6) is -0.350. The van der Waals surface area contributed by atoms with Gasteiger partial charge in [-0.2, -0.15) is 13.1 Å². The maximum Gasteiger partial charge on any atom is 0.387 e. The molecular formula is C22H24F2N2O7S. The lowest BCUT2D eigenvalue weighted by Crippen LogP contribution is -2.40. The second-order valence-electron chi connectivity index (χ2n) is 6.99. The SMILES string of the molecule is COc1ccc(S(=O)(=O)N2CCOCC2)cc1NC(=O)/C=C/c1ccc(OC(F)F)c(OC)c1. The highest BCUT2D eigenvalue weighted by molar-refractivity contribution is 7.89. The number of benzene rings is 2. The third-order valence-electron chi connectivity index (χ3n) is 4.87. The Morgan fingerprint density at radius 1 is 1.06 bits per heavy atom. The van der Waals surface area contributed by atoms with Crippen LogP contribution in [0, 0.1) is 0 Å². The van der Waals surface area contributed by atoms with Gasteiger partial charge in [-0.3, -0.25) is 4.79 Å². The van der Waals surface area contributed by atoms with Gasteiger partial charge in [0.05, 0.1) is 38.0 Å². The molecule has 1 aliphatic heterocycles. The Morgan fingerprint density at radius 2 is 1.74 bits per heavy atom. The highest BCUT2D eigenvalue weighted by Gasteiger charge is 2.27. The van der Waals surface area contributed by atoms with Gasteiger partial charge in [0.25, 0.3) is 0 Å². The van der Waals surface area contributed by atoms with Crippen LogP contribution in [0.4, 0.5) is 14.5 Å². The fourth-order valence-corrected chi connectivity index (χ4v) is 4.64. The Bertz CT molecular complexity index is 1150. The zero-order chi connectivity index (χ0) is 24.7. The number of alkyl halides is 2. The summed E-state index contributed by atoms with van der Waals surface area (Å²) in [5.41, 5.74) is 0.661. The number of amides is 1. The predicted octanol–water partition coefficient (Wildman–Crippen LogP) is 2.98. The molecule has 184 valence electrons. The number of methoxy groups -OCH3 is 2. The normalized spacial score (nSPS) is 14.9. The van der Waals surface area contributed by atoms with Gasteiger partial charge >= 0.3 is 6.61 Å². The van der Waals surface area contributed by atoms with Crippen LogP contribution < -0.4 is 19.5 Å². The van der Waals surface area contributed by atoms with E-state index in [1.165, 1.54) is 67.1 Å². The van der Waals surface area contributed by atoms with E-state index in [1.54, 1.807) is 0 Å². The average molecular weight is 499 g/mol. The predicted molar refractivity (Wildman–Crippen MR) is 120 cm³/mol. The van der Waals surface area contributed by atoms with Crippen molar-refractivity contribution in [2.75, 3.05) is 45.8 Å². The number of hydrogen-bond acceptors (Lipinski definition) is 7. The van der Waals surface area contributed by atoms with Crippen LogP contribution in [0.3, 0.4) is 0 Å². The number of ether oxygens (including phenoxy) is 4. The van der Waals surface area contributed by atoms with E-state index in [1.807, 2.05) is 0 Å². The molecule has 1 N–H and O–H groups in total. The van der Waals surface area contributed by atoms with Crippen LogP contribution in [0.5, 0.6) is 17.2 Å². The van der Waals surface area contributed by atoms with Crippen LogP contribution in [0.25, 0.3) is 6.08 Å². The lowest BCUT2D eigenvalue weighted by molar-refractivity contribution is -0.111. The van der Waals surface area contributed by atoms with E-state index in [2.05, 4.69) is 10.1 Å². The largest absolute Gasteiger partial charge is 0.495 e. The number of halogens is 2. The smallest absolute Gasteiger partial charge is 0.387 e. The first-order valence-electron chi connectivity index (χ1n) is 10.1. The standard InChI is InChI=1S/C22H24F2N2O7S/c1-30-18-7-5-16(34(28,29)26-9-11-32-12-10-26)14-17(18)25-21(27)8-4-15-3-6-19(33-22(23)24)20(13-15)31-2/h3-8,13-14,22H,9-12H2,1-2H3,(H,25,27)/b8-4+. The first-order chi connectivity index (χ1) is 16.2. The number of morpholine rings is 1. The minimum absolute atomic E-state index is 0.00818. The molecule has 0 bridgehead atoms. The molecule has 0 aromatic heterocycles. The van der Waals surface area contributed by atoms with Gasteiger partial charge in [0.2, 0.25) is 15.9 Å². The number of nitrogens with zero attached hydrogens (tertiary/aromatic N) is 1. The molecule has 9 nitrogen and oxygen atoms in total. The summed E-state index contributed by atoms with van der Waals surface area (Å²) in [6, 6.07) is 8.39. The summed E-state index contributed by atoms with van der Waals surface area (Å²) in [5, 5.41) is 2.60. The fourth-order valence-electron chi connectivity index (χ4n) is 3.21. The Morgan fingerprint density at radius 3 is 2.38 bits per heavy atom. The lowest BCUT2D eigenvalue weighted by atomic mass is 10.2. The molecule has 1 heterocycles. The molecule has 1 aliphatic rings. The van der Waals surface area contributed by atoms with Crippen molar-refractivity contribution in [2.45, 2.75) is 11.5 Å². The van der Waals surface area contributed by atoms with Crippen LogP contribution in [0.15, 0.2) is 47.4 Å². The minimum atomic E-state index is -3.77. The van der Waals surface area contributed by atoms with Gasteiger partial charge in [-0.15, -0.1) is 0 Å². The number of hydrogen-bond donors (Lipinski definition) is 1. The fraction of sp³-hybridized carbons (Fsp3) is 0.318. The Balaban J connectivity index is 1.77. The molecule has 2 aromatic rings. The first-order valence-corrected chi connectivity index (χ1v) is 11.6. The average Bonchev–Trinajstić information content (AvgIpc) is 2.83. The van der Waals surface area contributed by atoms with E-state index in [0.717, 1.165) is 0 Å². The van der Waals surface area contributed by atoms with Gasteiger partial charge in [0.15, 0.2) is 11.5 Å². The number of rotatable bonds is 9. The van der Waals surface area contributed by atoms with Crippen LogP contribution in [0.2, 0.25) is 0 Å². The molecule has 1 amide bonds. The quantitative estimate of drug-likeness (QED) is 0.530. The van der Waals surface area contributed by atoms with Crippen molar-refractivity contribution in [1.82, 2.24) is 4.31 Å². The maximum absolute atomic E-state index is 12.9. The summed E-state index contributed by atoms with van der Waals surface area (Å²) < 4.78 is 72.0. The highest BCUT2D eigenvalue weighted by atomic mass is 32.2. The Hall–Kier alpha value is -3.22. The Kier molecular flexibility index (Phi) is 8.42. The summed E-state index contributed by atoms with van der Waals surface area (Å²) in [7, 11) is -1.07. The van der Waals surface area contributed by atoms with Gasteiger partial charge in [-0.1, -0.05) is 6.07 Å². The zero-order valence-corrected chi connectivity index (χ0v) is 19.3. The van der Waals surface area contributed by atoms with Crippen LogP contribution in [-0.2, 0) is 19.6 Å². The van der Waals surface area contributed by atoms with Crippen molar-refractivity contribution in [3.05, 3.63) is 48.0 Å². The van der Waals surface area contributed by atoms with Crippen molar-refractivity contribution in [3.8, 4) is 17.2 Å². The van der Waals surface area contributed by atoms with E-state index in [0.29, 0.717) is 18.8 Å². The number of anilines is 1. The number of carbonyl (C=O) groups excluding carboxylic acids is 1.